The predicted molar refractivity (Wildman–Crippen MR) is 124 cm³/mol. The number of aliphatic hydroxyl groups excluding tert-OH is 1. The van der Waals surface area contributed by atoms with Crippen LogP contribution in [0.5, 0.6) is 11.5 Å². The number of hydrogen-bond acceptors (Lipinski definition) is 8. The summed E-state index contributed by atoms with van der Waals surface area (Å²) in [7, 11) is 7.34. The highest BCUT2D eigenvalue weighted by Gasteiger charge is 2.32. The quantitative estimate of drug-likeness (QED) is 0.401. The second kappa shape index (κ2) is 11.1. The molecule has 0 fully saturated rings. The van der Waals surface area contributed by atoms with E-state index in [1.807, 2.05) is 0 Å². The molecule has 2 aliphatic heterocycles. The Morgan fingerprint density at radius 2 is 1.33 bits per heavy atom. The molecule has 2 heterocycles. The molecule has 0 unspecified atom stereocenters. The van der Waals surface area contributed by atoms with Gasteiger partial charge in [-0.1, -0.05) is 7.43 Å². The summed E-state index contributed by atoms with van der Waals surface area (Å²) in [5.41, 5.74) is 8.86. The standard InChI is InChI=1S/C10H10N2O4.C10H12N2O2.CH4O.CH4/c1-11-5-7-6(10(11)13)3-4-8(12(14)15)9(7)16-2;1-12-5-7-6(10(12)13)3-4-8(11)9(7)14-2;1-2;/h3-4H,5H2,1-2H3;3-4H,5,11H2,1-2H3;2H,1H3;1H4. The van der Waals surface area contributed by atoms with Gasteiger partial charge in [-0.2, -0.15) is 0 Å². The number of rotatable bonds is 3. The Morgan fingerprint density at radius 3 is 1.76 bits per heavy atom. The van der Waals surface area contributed by atoms with Gasteiger partial charge in [0, 0.05) is 49.5 Å². The molecule has 0 bridgehead atoms. The largest absolute Gasteiger partial charge is 0.494 e. The number of fused-ring (bicyclic) bond motifs is 2. The Kier molecular flexibility index (Phi) is 9.17. The zero-order valence-corrected chi connectivity index (χ0v) is 18.5. The molecule has 3 N–H and O–H groups in total. The van der Waals surface area contributed by atoms with Gasteiger partial charge in [0.25, 0.3) is 11.8 Å². The Morgan fingerprint density at radius 1 is 0.909 bits per heavy atom. The van der Waals surface area contributed by atoms with E-state index in [2.05, 4.69) is 0 Å². The van der Waals surface area contributed by atoms with Gasteiger partial charge in [-0.15, -0.1) is 0 Å². The Balaban J connectivity index is 0.000000301. The molecule has 0 atom stereocenters. The Labute approximate surface area is 192 Å². The lowest BCUT2D eigenvalue weighted by Gasteiger charge is -2.08. The highest BCUT2D eigenvalue weighted by molar-refractivity contribution is 6.00. The van der Waals surface area contributed by atoms with Crippen LogP contribution in [0.25, 0.3) is 0 Å². The third-order valence-corrected chi connectivity index (χ3v) is 5.08. The summed E-state index contributed by atoms with van der Waals surface area (Å²) in [5.74, 6) is 0.696. The van der Waals surface area contributed by atoms with E-state index in [9.17, 15) is 19.7 Å². The lowest BCUT2D eigenvalue weighted by Crippen LogP contribution is -2.17. The molecule has 33 heavy (non-hydrogen) atoms. The molecule has 2 aromatic rings. The van der Waals surface area contributed by atoms with Gasteiger partial charge >= 0.3 is 5.69 Å². The number of anilines is 1. The van der Waals surface area contributed by atoms with E-state index in [1.54, 1.807) is 38.2 Å². The molecule has 0 spiro atoms. The van der Waals surface area contributed by atoms with Gasteiger partial charge in [-0.05, 0) is 18.2 Å². The van der Waals surface area contributed by atoms with Crippen molar-refractivity contribution in [3.63, 3.8) is 0 Å². The van der Waals surface area contributed by atoms with E-state index in [4.69, 9.17) is 20.3 Å². The van der Waals surface area contributed by atoms with Crippen LogP contribution in [0.2, 0.25) is 0 Å². The molecule has 11 nitrogen and oxygen atoms in total. The number of carbonyl (C=O) groups excluding carboxylic acids is 2. The second-order valence-electron chi connectivity index (χ2n) is 6.94. The first kappa shape index (κ1) is 27.2. The van der Waals surface area contributed by atoms with Gasteiger partial charge < -0.3 is 30.1 Å². The first-order valence-corrected chi connectivity index (χ1v) is 9.46. The van der Waals surface area contributed by atoms with Crippen molar-refractivity contribution in [3.05, 3.63) is 56.6 Å². The number of hydrogen-bond donors (Lipinski definition) is 2. The lowest BCUT2D eigenvalue weighted by atomic mass is 10.1. The van der Waals surface area contributed by atoms with Crippen molar-refractivity contribution in [2.75, 3.05) is 41.2 Å². The SMILES string of the molecule is C.CO.COc1c(N)ccc2c1CN(C)C2=O.COc1c([N+](=O)[O-])ccc2c1CN(C)C2=O. The van der Waals surface area contributed by atoms with Crippen molar-refractivity contribution in [1.29, 1.82) is 0 Å². The number of nitrogens with zero attached hydrogens (tertiary/aromatic N) is 3. The minimum absolute atomic E-state index is 0. The van der Waals surface area contributed by atoms with E-state index in [-0.39, 0.29) is 30.7 Å². The number of methoxy groups -OCH3 is 2. The summed E-state index contributed by atoms with van der Waals surface area (Å²) in [4.78, 5) is 36.7. The molecule has 0 saturated carbocycles. The van der Waals surface area contributed by atoms with Crippen LogP contribution in [0.15, 0.2) is 24.3 Å². The number of nitro benzene ring substituents is 1. The summed E-state index contributed by atoms with van der Waals surface area (Å²) < 4.78 is 10.2. The fourth-order valence-corrected chi connectivity index (χ4v) is 3.62. The maximum Gasteiger partial charge on any atom is 0.311 e. The third kappa shape index (κ3) is 4.98. The van der Waals surface area contributed by atoms with Crippen LogP contribution in [0.3, 0.4) is 0 Å². The molecule has 2 amide bonds. The maximum absolute atomic E-state index is 11.6. The van der Waals surface area contributed by atoms with Crippen LogP contribution >= 0.6 is 0 Å². The smallest absolute Gasteiger partial charge is 0.311 e. The van der Waals surface area contributed by atoms with Crippen molar-refractivity contribution < 1.29 is 29.1 Å². The van der Waals surface area contributed by atoms with Crippen LogP contribution in [0, 0.1) is 10.1 Å². The molecule has 4 rings (SSSR count). The monoisotopic (exact) mass is 462 g/mol. The number of aliphatic hydroxyl groups is 1. The lowest BCUT2D eigenvalue weighted by molar-refractivity contribution is -0.385. The Hall–Kier alpha value is -3.86. The minimum Gasteiger partial charge on any atom is -0.494 e. The first-order chi connectivity index (χ1) is 15.2. The normalized spacial score (nSPS) is 13.0. The average Bonchev–Trinajstić information content (AvgIpc) is 3.24. The summed E-state index contributed by atoms with van der Waals surface area (Å²) >= 11 is 0. The highest BCUT2D eigenvalue weighted by Crippen LogP contribution is 2.37. The number of benzene rings is 2. The predicted octanol–water partition coefficient (Wildman–Crippen LogP) is 2.30. The van der Waals surface area contributed by atoms with Gasteiger partial charge in [0.2, 0.25) is 5.75 Å². The molecule has 11 heteroatoms. The number of nitrogen functional groups attached to an aromatic ring is 1. The van der Waals surface area contributed by atoms with E-state index < -0.39 is 4.92 Å². The number of carbonyl (C=O) groups is 2. The van der Waals surface area contributed by atoms with Gasteiger partial charge in [-0.25, -0.2) is 0 Å². The zero-order valence-electron chi connectivity index (χ0n) is 18.5. The summed E-state index contributed by atoms with van der Waals surface area (Å²) in [6.45, 7) is 0.918. The summed E-state index contributed by atoms with van der Waals surface area (Å²) in [6, 6.07) is 6.23. The van der Waals surface area contributed by atoms with Crippen LogP contribution in [0.1, 0.15) is 39.3 Å². The molecule has 0 saturated heterocycles. The van der Waals surface area contributed by atoms with Gasteiger partial charge in [0.05, 0.1) is 37.9 Å². The molecule has 0 radical (unpaired) electrons. The fourth-order valence-electron chi connectivity index (χ4n) is 3.62. The van der Waals surface area contributed by atoms with Gasteiger partial charge in [0.15, 0.2) is 0 Å². The van der Waals surface area contributed by atoms with Crippen molar-refractivity contribution in [1.82, 2.24) is 9.80 Å². The zero-order chi connectivity index (χ0) is 24.2. The maximum atomic E-state index is 11.6. The average molecular weight is 463 g/mol. The number of amides is 2. The molecular formula is C22H30N4O7. The van der Waals surface area contributed by atoms with Crippen molar-refractivity contribution in [2.45, 2.75) is 20.5 Å². The third-order valence-electron chi connectivity index (χ3n) is 5.08. The topological polar surface area (TPSA) is 148 Å². The van der Waals surface area contributed by atoms with E-state index in [0.29, 0.717) is 41.2 Å². The van der Waals surface area contributed by atoms with E-state index in [1.165, 1.54) is 24.1 Å². The molecule has 180 valence electrons. The number of ether oxygens (including phenoxy) is 2. The van der Waals surface area contributed by atoms with Crippen molar-refractivity contribution >= 4 is 23.2 Å². The number of nitrogens with two attached hydrogens (primary N) is 1. The highest BCUT2D eigenvalue weighted by atomic mass is 16.6. The van der Waals surface area contributed by atoms with Crippen LogP contribution < -0.4 is 15.2 Å². The number of nitro groups is 1. The van der Waals surface area contributed by atoms with Crippen molar-refractivity contribution in [2.24, 2.45) is 0 Å². The minimum atomic E-state index is -0.512. The van der Waals surface area contributed by atoms with E-state index >= 15 is 0 Å². The molecule has 2 aliphatic rings. The van der Waals surface area contributed by atoms with Crippen LogP contribution in [-0.4, -0.2) is 67.1 Å². The van der Waals surface area contributed by atoms with Gasteiger partial charge in [0.1, 0.15) is 5.75 Å². The fraction of sp³-hybridized carbons (Fsp3) is 0.364. The second-order valence-corrected chi connectivity index (χ2v) is 6.94. The van der Waals surface area contributed by atoms with Crippen LogP contribution in [-0.2, 0) is 13.1 Å². The molecule has 0 aliphatic carbocycles. The summed E-state index contributed by atoms with van der Waals surface area (Å²) in [5, 5.41) is 17.8. The molecule has 2 aromatic carbocycles. The van der Waals surface area contributed by atoms with Gasteiger partial charge in [-0.3, -0.25) is 19.7 Å². The Bertz CT molecular complexity index is 1060. The van der Waals surface area contributed by atoms with Crippen molar-refractivity contribution in [3.8, 4) is 11.5 Å². The van der Waals surface area contributed by atoms with E-state index in [0.717, 1.165) is 12.7 Å². The first-order valence-electron chi connectivity index (χ1n) is 9.46. The molecule has 0 aromatic heterocycles. The molecular weight excluding hydrogens is 432 g/mol. The van der Waals surface area contributed by atoms with Crippen LogP contribution in [0.4, 0.5) is 11.4 Å². The summed E-state index contributed by atoms with van der Waals surface area (Å²) in [6.07, 6.45) is 0.